The van der Waals surface area contributed by atoms with Crippen LogP contribution in [0.5, 0.6) is 0 Å². The molecule has 1 aliphatic heterocycles. The lowest BCUT2D eigenvalue weighted by Gasteiger charge is -2.20. The molecule has 0 aromatic carbocycles. The zero-order chi connectivity index (χ0) is 13.1. The molecule has 0 bridgehead atoms. The molecule has 0 atom stereocenters. The molecule has 6 nitrogen and oxygen atoms in total. The summed E-state index contributed by atoms with van der Waals surface area (Å²) in [4.78, 5) is 23.7. The minimum absolute atomic E-state index is 0.158. The number of amides is 1. The molecule has 6 heteroatoms. The summed E-state index contributed by atoms with van der Waals surface area (Å²) in [6, 6.07) is 0. The Morgan fingerprint density at radius 3 is 2.24 bits per heavy atom. The lowest BCUT2D eigenvalue weighted by Crippen LogP contribution is -2.33. The lowest BCUT2D eigenvalue weighted by atomic mass is 10.4. The van der Waals surface area contributed by atoms with Crippen molar-refractivity contribution in [2.45, 2.75) is 26.7 Å². The van der Waals surface area contributed by atoms with Crippen molar-refractivity contribution in [1.82, 2.24) is 9.80 Å². The summed E-state index contributed by atoms with van der Waals surface area (Å²) in [6.07, 6.45) is 2.06. The predicted octanol–water partition coefficient (Wildman–Crippen LogP) is 1.22. The third kappa shape index (κ3) is 6.78. The van der Waals surface area contributed by atoms with E-state index in [1.807, 2.05) is 0 Å². The Bertz CT molecular complexity index is 214. The molecule has 0 aromatic heterocycles. The molecule has 1 saturated heterocycles. The van der Waals surface area contributed by atoms with Gasteiger partial charge in [-0.3, -0.25) is 9.69 Å². The second-order valence-electron chi connectivity index (χ2n) is 3.64. The van der Waals surface area contributed by atoms with Gasteiger partial charge in [-0.1, -0.05) is 13.8 Å². The van der Waals surface area contributed by atoms with Crippen LogP contribution in [0.15, 0.2) is 0 Å². The predicted molar refractivity (Wildman–Crippen MR) is 63.8 cm³/mol. The van der Waals surface area contributed by atoms with Gasteiger partial charge >= 0.3 is 6.09 Å². The number of carbonyl (C=O) groups excluding carboxylic acids is 1. The Balaban J connectivity index is 0.000000770. The minimum Gasteiger partial charge on any atom is -0.483 e. The molecule has 0 spiro atoms. The van der Waals surface area contributed by atoms with E-state index in [0.717, 1.165) is 39.0 Å². The van der Waals surface area contributed by atoms with E-state index in [2.05, 4.69) is 18.7 Å². The van der Waals surface area contributed by atoms with E-state index in [1.165, 1.54) is 0 Å². The summed E-state index contributed by atoms with van der Waals surface area (Å²) in [5, 5.41) is 6.89. The molecule has 100 valence electrons. The molecular formula is C11H22N2O4. The number of rotatable bonds is 4. The first-order valence-corrected chi connectivity index (χ1v) is 5.91. The first-order valence-electron chi connectivity index (χ1n) is 5.91. The van der Waals surface area contributed by atoms with Crippen molar-refractivity contribution in [3.05, 3.63) is 0 Å². The summed E-state index contributed by atoms with van der Waals surface area (Å²) < 4.78 is 5.18. The Labute approximate surface area is 102 Å². The van der Waals surface area contributed by atoms with E-state index >= 15 is 0 Å². The average Bonchev–Trinajstić information content (AvgIpc) is 2.84. The second kappa shape index (κ2) is 9.89. The standard InChI is InChI=1S/C10H20N2O2.CH2O2/c1-3-11(4-2)9-14-10(13)12-7-5-6-8-12;2-1-3/h3-9H2,1-2H3;1H,(H,2,3). The van der Waals surface area contributed by atoms with E-state index in [-0.39, 0.29) is 12.6 Å². The first kappa shape index (κ1) is 15.7. The minimum atomic E-state index is -0.250. The molecule has 0 aliphatic carbocycles. The molecule has 1 rings (SSSR count). The summed E-state index contributed by atoms with van der Waals surface area (Å²) in [5.74, 6) is 0. The van der Waals surface area contributed by atoms with Crippen LogP contribution in [0.4, 0.5) is 4.79 Å². The normalized spacial score (nSPS) is 14.2. The van der Waals surface area contributed by atoms with Crippen LogP contribution in [0.25, 0.3) is 0 Å². The second-order valence-corrected chi connectivity index (χ2v) is 3.64. The number of nitrogens with zero attached hydrogens (tertiary/aromatic N) is 2. The largest absolute Gasteiger partial charge is 0.483 e. The van der Waals surface area contributed by atoms with Gasteiger partial charge in [0, 0.05) is 13.1 Å². The van der Waals surface area contributed by atoms with Gasteiger partial charge in [-0.2, -0.15) is 0 Å². The van der Waals surface area contributed by atoms with Gasteiger partial charge in [0.05, 0.1) is 0 Å². The van der Waals surface area contributed by atoms with Gasteiger partial charge in [-0.25, -0.2) is 4.79 Å². The maximum Gasteiger partial charge on any atom is 0.411 e. The smallest absolute Gasteiger partial charge is 0.411 e. The van der Waals surface area contributed by atoms with Crippen LogP contribution in [0.1, 0.15) is 26.7 Å². The van der Waals surface area contributed by atoms with E-state index in [9.17, 15) is 4.79 Å². The number of carboxylic acid groups (broad SMARTS) is 1. The van der Waals surface area contributed by atoms with E-state index in [0.29, 0.717) is 6.73 Å². The number of ether oxygens (including phenoxy) is 1. The monoisotopic (exact) mass is 246 g/mol. The molecule has 0 radical (unpaired) electrons. The fourth-order valence-electron chi connectivity index (χ4n) is 1.54. The summed E-state index contributed by atoms with van der Waals surface area (Å²) in [7, 11) is 0. The molecule has 1 heterocycles. The van der Waals surface area contributed by atoms with Gasteiger partial charge in [-0.15, -0.1) is 0 Å². The summed E-state index contributed by atoms with van der Waals surface area (Å²) in [5.41, 5.74) is 0. The number of carbonyl (C=O) groups is 2. The molecule has 0 saturated carbocycles. The Morgan fingerprint density at radius 2 is 1.82 bits per heavy atom. The topological polar surface area (TPSA) is 70.1 Å². The molecule has 1 amide bonds. The highest BCUT2D eigenvalue weighted by Gasteiger charge is 2.19. The fraction of sp³-hybridized carbons (Fsp3) is 0.818. The van der Waals surface area contributed by atoms with Crippen molar-refractivity contribution < 1.29 is 19.4 Å². The maximum atomic E-state index is 11.5. The van der Waals surface area contributed by atoms with Gasteiger partial charge in [-0.05, 0) is 25.9 Å². The van der Waals surface area contributed by atoms with Crippen LogP contribution in [0, 0.1) is 0 Å². The Morgan fingerprint density at radius 1 is 1.35 bits per heavy atom. The van der Waals surface area contributed by atoms with Crippen LogP contribution >= 0.6 is 0 Å². The first-order chi connectivity index (χ1) is 8.19. The van der Waals surface area contributed by atoms with E-state index < -0.39 is 0 Å². The average molecular weight is 246 g/mol. The van der Waals surface area contributed by atoms with Crippen molar-refractivity contribution in [1.29, 1.82) is 0 Å². The number of hydrogen-bond acceptors (Lipinski definition) is 4. The van der Waals surface area contributed by atoms with Crippen molar-refractivity contribution in [2.24, 2.45) is 0 Å². The van der Waals surface area contributed by atoms with Crippen molar-refractivity contribution in [3.8, 4) is 0 Å². The molecule has 1 N–H and O–H groups in total. The Hall–Kier alpha value is -1.30. The maximum absolute atomic E-state index is 11.5. The van der Waals surface area contributed by atoms with Crippen molar-refractivity contribution in [3.63, 3.8) is 0 Å². The van der Waals surface area contributed by atoms with Crippen LogP contribution in [0.2, 0.25) is 0 Å². The van der Waals surface area contributed by atoms with E-state index in [1.54, 1.807) is 4.90 Å². The SMILES string of the molecule is CCN(CC)COC(=O)N1CCCC1.O=CO. The zero-order valence-electron chi connectivity index (χ0n) is 10.6. The van der Waals surface area contributed by atoms with Crippen LogP contribution in [0.3, 0.4) is 0 Å². The van der Waals surface area contributed by atoms with Gasteiger partial charge in [0.25, 0.3) is 6.47 Å². The van der Waals surface area contributed by atoms with Crippen molar-refractivity contribution in [2.75, 3.05) is 32.9 Å². The van der Waals surface area contributed by atoms with Crippen LogP contribution in [-0.4, -0.2) is 60.4 Å². The highest BCUT2D eigenvalue weighted by molar-refractivity contribution is 5.67. The molecule has 1 aliphatic rings. The van der Waals surface area contributed by atoms with Crippen molar-refractivity contribution >= 4 is 12.6 Å². The number of likely N-dealkylation sites (tertiary alicyclic amines) is 1. The van der Waals surface area contributed by atoms with Gasteiger partial charge in [0.1, 0.15) is 6.73 Å². The molecule has 1 fully saturated rings. The lowest BCUT2D eigenvalue weighted by molar-refractivity contribution is -0.122. The highest BCUT2D eigenvalue weighted by Crippen LogP contribution is 2.08. The summed E-state index contributed by atoms with van der Waals surface area (Å²) >= 11 is 0. The van der Waals surface area contributed by atoms with Crippen LogP contribution < -0.4 is 0 Å². The highest BCUT2D eigenvalue weighted by atomic mass is 16.6. The van der Waals surface area contributed by atoms with Gasteiger partial charge < -0.3 is 14.7 Å². The molecule has 0 unspecified atom stereocenters. The van der Waals surface area contributed by atoms with Gasteiger partial charge in [0.2, 0.25) is 0 Å². The third-order valence-electron chi connectivity index (χ3n) is 2.63. The zero-order valence-corrected chi connectivity index (χ0v) is 10.6. The van der Waals surface area contributed by atoms with E-state index in [4.69, 9.17) is 14.6 Å². The quantitative estimate of drug-likeness (QED) is 0.596. The summed E-state index contributed by atoms with van der Waals surface area (Å²) in [6.45, 7) is 7.85. The third-order valence-corrected chi connectivity index (χ3v) is 2.63. The van der Waals surface area contributed by atoms with Gasteiger partial charge in [0.15, 0.2) is 0 Å². The molecule has 0 aromatic rings. The fourth-order valence-corrected chi connectivity index (χ4v) is 1.54. The molecular weight excluding hydrogens is 224 g/mol. The molecule has 17 heavy (non-hydrogen) atoms. The number of hydrogen-bond donors (Lipinski definition) is 1. The van der Waals surface area contributed by atoms with Crippen LogP contribution in [-0.2, 0) is 9.53 Å². The Kier molecular flexibility index (Phi) is 9.14.